The van der Waals surface area contributed by atoms with Gasteiger partial charge in [0.15, 0.2) is 5.96 Å². The smallest absolute Gasteiger partial charge is 0.194 e. The summed E-state index contributed by atoms with van der Waals surface area (Å²) in [7, 11) is 0. The zero-order valence-corrected chi connectivity index (χ0v) is 15.7. The minimum atomic E-state index is 0.771. The number of piperazine rings is 1. The topological polar surface area (TPSA) is 56.7 Å². The molecule has 26 heavy (non-hydrogen) atoms. The van der Waals surface area contributed by atoms with Gasteiger partial charge in [0.2, 0.25) is 0 Å². The molecule has 6 nitrogen and oxygen atoms in total. The Labute approximate surface area is 156 Å². The van der Waals surface area contributed by atoms with Gasteiger partial charge < -0.3 is 15.1 Å². The van der Waals surface area contributed by atoms with Gasteiger partial charge >= 0.3 is 0 Å². The van der Waals surface area contributed by atoms with Crippen molar-refractivity contribution in [1.82, 2.24) is 20.2 Å². The number of hydrogen-bond donors (Lipinski definition) is 1. The van der Waals surface area contributed by atoms with Crippen molar-refractivity contribution in [2.24, 2.45) is 4.99 Å². The fraction of sp³-hybridized carbons (Fsp3) is 0.450. The van der Waals surface area contributed by atoms with Crippen LogP contribution in [0.1, 0.15) is 18.2 Å². The van der Waals surface area contributed by atoms with Crippen LogP contribution in [0.2, 0.25) is 0 Å². The molecule has 1 fully saturated rings. The van der Waals surface area contributed by atoms with E-state index in [-0.39, 0.29) is 0 Å². The molecule has 0 amide bonds. The molecule has 0 atom stereocenters. The number of aliphatic imine (C=N–C) groups is 1. The van der Waals surface area contributed by atoms with Gasteiger partial charge in [-0.3, -0.25) is 9.98 Å². The maximum atomic E-state index is 4.82. The van der Waals surface area contributed by atoms with Crippen molar-refractivity contribution in [3.05, 3.63) is 54.0 Å². The third-order valence-electron chi connectivity index (χ3n) is 4.52. The monoisotopic (exact) mass is 352 g/mol. The van der Waals surface area contributed by atoms with E-state index < -0.39 is 0 Å². The van der Waals surface area contributed by atoms with E-state index in [4.69, 9.17) is 4.99 Å². The predicted molar refractivity (Wildman–Crippen MR) is 107 cm³/mol. The Hall–Kier alpha value is -2.63. The second-order valence-corrected chi connectivity index (χ2v) is 6.46. The van der Waals surface area contributed by atoms with Crippen LogP contribution in [0.15, 0.2) is 47.7 Å². The van der Waals surface area contributed by atoms with Gasteiger partial charge in [0.1, 0.15) is 5.82 Å². The zero-order valence-electron chi connectivity index (χ0n) is 15.7. The van der Waals surface area contributed by atoms with Crippen LogP contribution < -0.4 is 10.2 Å². The molecule has 0 bridgehead atoms. The minimum absolute atomic E-state index is 0.771. The standard InChI is InChI=1S/C20H28N6/c1-3-21-20(23-11-9-18-8-7-17(2)24-16-18)26-14-12-25(13-15-26)19-6-4-5-10-22-19/h4-8,10,16H,3,9,11-15H2,1-2H3,(H,21,23). The first-order chi connectivity index (χ1) is 12.8. The Morgan fingerprint density at radius 1 is 1.12 bits per heavy atom. The summed E-state index contributed by atoms with van der Waals surface area (Å²) in [4.78, 5) is 18.3. The average molecular weight is 352 g/mol. The molecule has 0 aliphatic carbocycles. The minimum Gasteiger partial charge on any atom is -0.357 e. The van der Waals surface area contributed by atoms with Gasteiger partial charge in [0, 0.05) is 57.4 Å². The van der Waals surface area contributed by atoms with Gasteiger partial charge in [-0.2, -0.15) is 0 Å². The van der Waals surface area contributed by atoms with Crippen LogP contribution in [0, 0.1) is 6.92 Å². The number of guanidine groups is 1. The summed E-state index contributed by atoms with van der Waals surface area (Å²) in [5.41, 5.74) is 2.28. The Balaban J connectivity index is 1.55. The van der Waals surface area contributed by atoms with E-state index in [1.807, 2.05) is 31.5 Å². The second kappa shape index (κ2) is 9.17. The van der Waals surface area contributed by atoms with Crippen LogP contribution >= 0.6 is 0 Å². The molecule has 1 aliphatic rings. The molecule has 0 saturated carbocycles. The van der Waals surface area contributed by atoms with Crippen molar-refractivity contribution in [2.75, 3.05) is 44.2 Å². The van der Waals surface area contributed by atoms with Crippen LogP contribution in [0.3, 0.4) is 0 Å². The first-order valence-electron chi connectivity index (χ1n) is 9.37. The molecule has 3 heterocycles. The molecule has 138 valence electrons. The highest BCUT2D eigenvalue weighted by Gasteiger charge is 2.20. The molecule has 1 aliphatic heterocycles. The number of aromatic nitrogens is 2. The van der Waals surface area contributed by atoms with Gasteiger partial charge in [-0.1, -0.05) is 12.1 Å². The molecule has 0 spiro atoms. The molecular formula is C20H28N6. The maximum absolute atomic E-state index is 4.82. The number of pyridine rings is 2. The van der Waals surface area contributed by atoms with Gasteiger partial charge in [-0.15, -0.1) is 0 Å². The zero-order chi connectivity index (χ0) is 18.2. The summed E-state index contributed by atoms with van der Waals surface area (Å²) in [6.45, 7) is 9.61. The molecule has 2 aromatic heterocycles. The summed E-state index contributed by atoms with van der Waals surface area (Å²) in [6, 6.07) is 10.3. The third-order valence-corrected chi connectivity index (χ3v) is 4.52. The molecule has 0 radical (unpaired) electrons. The number of rotatable bonds is 5. The molecule has 2 aromatic rings. The number of anilines is 1. The number of hydrogen-bond acceptors (Lipinski definition) is 4. The predicted octanol–water partition coefficient (Wildman–Crippen LogP) is 2.12. The first kappa shape index (κ1) is 18.2. The summed E-state index contributed by atoms with van der Waals surface area (Å²) < 4.78 is 0. The highest BCUT2D eigenvalue weighted by Crippen LogP contribution is 2.12. The number of nitrogens with zero attached hydrogens (tertiary/aromatic N) is 5. The van der Waals surface area contributed by atoms with E-state index in [1.54, 1.807) is 0 Å². The van der Waals surface area contributed by atoms with E-state index >= 15 is 0 Å². The van der Waals surface area contributed by atoms with E-state index in [9.17, 15) is 0 Å². The van der Waals surface area contributed by atoms with Crippen molar-refractivity contribution in [2.45, 2.75) is 20.3 Å². The molecule has 0 aromatic carbocycles. The van der Waals surface area contributed by atoms with Crippen molar-refractivity contribution < 1.29 is 0 Å². The fourth-order valence-electron chi connectivity index (χ4n) is 3.05. The first-order valence-corrected chi connectivity index (χ1v) is 9.37. The van der Waals surface area contributed by atoms with Gasteiger partial charge in [-0.25, -0.2) is 4.98 Å². The summed E-state index contributed by atoms with van der Waals surface area (Å²) in [6.07, 6.45) is 4.71. The van der Waals surface area contributed by atoms with Crippen LogP contribution in [-0.4, -0.2) is 60.1 Å². The molecule has 3 rings (SSSR count). The van der Waals surface area contributed by atoms with Crippen molar-refractivity contribution in [3.63, 3.8) is 0 Å². The Bertz CT molecular complexity index is 690. The summed E-state index contributed by atoms with van der Waals surface area (Å²) in [5, 5.41) is 3.43. The number of aryl methyl sites for hydroxylation is 1. The molecule has 1 saturated heterocycles. The van der Waals surface area contributed by atoms with E-state index in [1.165, 1.54) is 5.56 Å². The second-order valence-electron chi connectivity index (χ2n) is 6.46. The molecule has 6 heteroatoms. The molecule has 1 N–H and O–H groups in total. The normalized spacial score (nSPS) is 15.2. The van der Waals surface area contributed by atoms with Crippen LogP contribution in [0.25, 0.3) is 0 Å². The third kappa shape index (κ3) is 4.94. The van der Waals surface area contributed by atoms with Crippen molar-refractivity contribution in [3.8, 4) is 0 Å². The lowest BCUT2D eigenvalue weighted by Gasteiger charge is -2.37. The summed E-state index contributed by atoms with van der Waals surface area (Å²) in [5.74, 6) is 2.06. The Morgan fingerprint density at radius 3 is 2.62 bits per heavy atom. The number of nitrogens with one attached hydrogen (secondary N) is 1. The summed E-state index contributed by atoms with van der Waals surface area (Å²) >= 11 is 0. The van der Waals surface area contributed by atoms with E-state index in [2.05, 4.69) is 50.2 Å². The van der Waals surface area contributed by atoms with E-state index in [0.717, 1.165) is 63.2 Å². The Morgan fingerprint density at radius 2 is 1.96 bits per heavy atom. The SMILES string of the molecule is CCNC(=NCCc1ccc(C)nc1)N1CCN(c2ccccn2)CC1. The Kier molecular flexibility index (Phi) is 6.41. The lowest BCUT2D eigenvalue weighted by atomic mass is 10.2. The fourth-order valence-corrected chi connectivity index (χ4v) is 3.05. The van der Waals surface area contributed by atoms with Gasteiger partial charge in [0.05, 0.1) is 0 Å². The highest BCUT2D eigenvalue weighted by atomic mass is 15.4. The van der Waals surface area contributed by atoms with Gasteiger partial charge in [0.25, 0.3) is 0 Å². The van der Waals surface area contributed by atoms with Crippen LogP contribution in [-0.2, 0) is 6.42 Å². The average Bonchev–Trinajstić information content (AvgIpc) is 2.70. The van der Waals surface area contributed by atoms with Crippen molar-refractivity contribution >= 4 is 11.8 Å². The largest absolute Gasteiger partial charge is 0.357 e. The lowest BCUT2D eigenvalue weighted by Crippen LogP contribution is -2.52. The van der Waals surface area contributed by atoms with E-state index in [0.29, 0.717) is 0 Å². The van der Waals surface area contributed by atoms with Gasteiger partial charge in [-0.05, 0) is 44.0 Å². The molecule has 0 unspecified atom stereocenters. The van der Waals surface area contributed by atoms with Crippen LogP contribution in [0.5, 0.6) is 0 Å². The van der Waals surface area contributed by atoms with Crippen LogP contribution in [0.4, 0.5) is 5.82 Å². The molecular weight excluding hydrogens is 324 g/mol. The lowest BCUT2D eigenvalue weighted by molar-refractivity contribution is 0.371. The highest BCUT2D eigenvalue weighted by molar-refractivity contribution is 5.80. The quantitative estimate of drug-likeness (QED) is 0.660. The maximum Gasteiger partial charge on any atom is 0.194 e. The van der Waals surface area contributed by atoms with Crippen molar-refractivity contribution in [1.29, 1.82) is 0 Å².